The fraction of sp³-hybridized carbons (Fsp3) is 0.611. The molecule has 0 bridgehead atoms. The van der Waals surface area contributed by atoms with Crippen LogP contribution in [0.1, 0.15) is 24.8 Å². The highest BCUT2D eigenvalue weighted by molar-refractivity contribution is 5.89. The van der Waals surface area contributed by atoms with Gasteiger partial charge in [-0.25, -0.2) is 0 Å². The van der Waals surface area contributed by atoms with Gasteiger partial charge in [0.2, 0.25) is 11.8 Å². The number of hydrogen-bond donors (Lipinski definition) is 0. The first-order valence-electron chi connectivity index (χ1n) is 8.90. The van der Waals surface area contributed by atoms with Crippen molar-refractivity contribution < 1.29 is 9.59 Å². The molecule has 1 aromatic heterocycles. The van der Waals surface area contributed by atoms with Crippen molar-refractivity contribution in [3.8, 4) is 0 Å². The number of pyridine rings is 1. The molecular formula is C18H24N4O2. The van der Waals surface area contributed by atoms with Crippen LogP contribution in [0, 0.1) is 5.92 Å². The van der Waals surface area contributed by atoms with E-state index in [-0.39, 0.29) is 17.7 Å². The Hall–Kier alpha value is -1.95. The average molecular weight is 328 g/mol. The number of aromatic nitrogens is 1. The zero-order chi connectivity index (χ0) is 16.5. The van der Waals surface area contributed by atoms with Crippen LogP contribution in [-0.4, -0.2) is 70.3 Å². The van der Waals surface area contributed by atoms with Gasteiger partial charge in [-0.1, -0.05) is 6.07 Å². The molecule has 0 N–H and O–H groups in total. The molecule has 1 saturated carbocycles. The lowest BCUT2D eigenvalue weighted by Crippen LogP contribution is -2.50. The number of carbonyl (C=O) groups is 2. The molecular weight excluding hydrogens is 304 g/mol. The van der Waals surface area contributed by atoms with E-state index in [0.717, 1.165) is 45.6 Å². The topological polar surface area (TPSA) is 56.8 Å². The molecule has 3 heterocycles. The van der Waals surface area contributed by atoms with Gasteiger partial charge in [-0.2, -0.15) is 0 Å². The molecule has 128 valence electrons. The van der Waals surface area contributed by atoms with Crippen LogP contribution in [0.5, 0.6) is 0 Å². The molecule has 3 fully saturated rings. The number of rotatable bonds is 4. The Bertz CT molecular complexity index is 609. The van der Waals surface area contributed by atoms with Crippen molar-refractivity contribution in [1.29, 1.82) is 0 Å². The van der Waals surface area contributed by atoms with Crippen LogP contribution >= 0.6 is 0 Å². The van der Waals surface area contributed by atoms with Crippen molar-refractivity contribution in [2.45, 2.75) is 31.8 Å². The van der Waals surface area contributed by atoms with Gasteiger partial charge in [-0.05, 0) is 24.5 Å². The molecule has 24 heavy (non-hydrogen) atoms. The second kappa shape index (κ2) is 6.51. The zero-order valence-electron chi connectivity index (χ0n) is 13.9. The van der Waals surface area contributed by atoms with Gasteiger partial charge in [0.1, 0.15) is 0 Å². The normalized spacial score (nSPS) is 25.3. The Kier molecular flexibility index (Phi) is 4.22. The number of amides is 2. The van der Waals surface area contributed by atoms with E-state index in [4.69, 9.17) is 0 Å². The summed E-state index contributed by atoms with van der Waals surface area (Å²) in [6, 6.07) is 4.46. The van der Waals surface area contributed by atoms with Crippen molar-refractivity contribution in [1.82, 2.24) is 19.7 Å². The third-order valence-electron chi connectivity index (χ3n) is 5.31. The predicted octanol–water partition coefficient (Wildman–Crippen LogP) is 0.737. The standard InChI is InChI=1S/C18H24N4O2/c23-17-10-15(13-22(17)16-3-4-16)18(24)21-8-6-20(7-9-21)12-14-2-1-5-19-11-14/h1-2,5,11,15-16H,3-4,6-10,12-13H2/t15-/m1/s1. The van der Waals surface area contributed by atoms with Crippen molar-refractivity contribution >= 4 is 11.8 Å². The van der Waals surface area contributed by atoms with E-state index in [9.17, 15) is 9.59 Å². The maximum atomic E-state index is 12.7. The molecule has 2 saturated heterocycles. The number of piperazine rings is 1. The summed E-state index contributed by atoms with van der Waals surface area (Å²) >= 11 is 0. The lowest BCUT2D eigenvalue weighted by Gasteiger charge is -2.35. The Morgan fingerprint density at radius 2 is 2.00 bits per heavy atom. The van der Waals surface area contributed by atoms with Crippen LogP contribution < -0.4 is 0 Å². The first-order chi connectivity index (χ1) is 11.7. The van der Waals surface area contributed by atoms with Crippen molar-refractivity contribution in [2.75, 3.05) is 32.7 Å². The Balaban J connectivity index is 1.28. The number of likely N-dealkylation sites (tertiary alicyclic amines) is 1. The lowest BCUT2D eigenvalue weighted by molar-refractivity contribution is -0.137. The monoisotopic (exact) mass is 328 g/mol. The zero-order valence-corrected chi connectivity index (χ0v) is 13.9. The predicted molar refractivity (Wildman–Crippen MR) is 88.9 cm³/mol. The van der Waals surface area contributed by atoms with Crippen LogP contribution in [0.2, 0.25) is 0 Å². The Labute approximate surface area is 142 Å². The molecule has 6 heteroatoms. The molecule has 2 amide bonds. The van der Waals surface area contributed by atoms with Gasteiger partial charge < -0.3 is 9.80 Å². The largest absolute Gasteiger partial charge is 0.340 e. The fourth-order valence-corrected chi connectivity index (χ4v) is 3.77. The number of carbonyl (C=O) groups excluding carboxylic acids is 2. The van der Waals surface area contributed by atoms with Gasteiger partial charge in [-0.3, -0.25) is 19.5 Å². The Morgan fingerprint density at radius 3 is 2.67 bits per heavy atom. The molecule has 2 aliphatic heterocycles. The molecule has 1 atom stereocenters. The van der Waals surface area contributed by atoms with E-state index in [1.807, 2.05) is 22.1 Å². The minimum atomic E-state index is -0.122. The highest BCUT2D eigenvalue weighted by Gasteiger charge is 2.43. The smallest absolute Gasteiger partial charge is 0.228 e. The molecule has 4 rings (SSSR count). The number of hydrogen-bond acceptors (Lipinski definition) is 4. The fourth-order valence-electron chi connectivity index (χ4n) is 3.77. The molecule has 6 nitrogen and oxygen atoms in total. The minimum absolute atomic E-state index is 0.122. The van der Waals surface area contributed by atoms with Crippen LogP contribution in [0.15, 0.2) is 24.5 Å². The maximum Gasteiger partial charge on any atom is 0.228 e. The van der Waals surface area contributed by atoms with Crippen LogP contribution in [-0.2, 0) is 16.1 Å². The summed E-state index contributed by atoms with van der Waals surface area (Å²) in [5, 5.41) is 0. The van der Waals surface area contributed by atoms with E-state index >= 15 is 0 Å². The average Bonchev–Trinajstić information content (AvgIpc) is 3.38. The molecule has 0 unspecified atom stereocenters. The van der Waals surface area contributed by atoms with Crippen LogP contribution in [0.25, 0.3) is 0 Å². The molecule has 1 aromatic rings. The molecule has 0 radical (unpaired) electrons. The molecule has 0 spiro atoms. The van der Waals surface area contributed by atoms with E-state index in [1.165, 1.54) is 5.56 Å². The summed E-state index contributed by atoms with van der Waals surface area (Å²) in [6.07, 6.45) is 6.31. The second-order valence-electron chi connectivity index (χ2n) is 7.14. The van der Waals surface area contributed by atoms with Crippen molar-refractivity contribution in [3.63, 3.8) is 0 Å². The minimum Gasteiger partial charge on any atom is -0.340 e. The first-order valence-corrected chi connectivity index (χ1v) is 8.90. The van der Waals surface area contributed by atoms with Crippen molar-refractivity contribution in [2.24, 2.45) is 5.92 Å². The molecule has 3 aliphatic rings. The summed E-state index contributed by atoms with van der Waals surface area (Å²) < 4.78 is 0. The number of nitrogens with zero attached hydrogens (tertiary/aromatic N) is 4. The van der Waals surface area contributed by atoms with Gasteiger partial charge in [0.15, 0.2) is 0 Å². The lowest BCUT2D eigenvalue weighted by atomic mass is 10.1. The van der Waals surface area contributed by atoms with Gasteiger partial charge in [0.25, 0.3) is 0 Å². The van der Waals surface area contributed by atoms with E-state index < -0.39 is 0 Å². The SMILES string of the molecule is O=C([C@@H]1CC(=O)N(C2CC2)C1)N1CCN(Cc2cccnc2)CC1. The van der Waals surface area contributed by atoms with E-state index in [2.05, 4.69) is 16.0 Å². The quantitative estimate of drug-likeness (QED) is 0.818. The van der Waals surface area contributed by atoms with Gasteiger partial charge in [0.05, 0.1) is 5.92 Å². The Morgan fingerprint density at radius 1 is 1.21 bits per heavy atom. The molecule has 0 aromatic carbocycles. The van der Waals surface area contributed by atoms with E-state index in [1.54, 1.807) is 6.20 Å². The van der Waals surface area contributed by atoms with Crippen LogP contribution in [0.4, 0.5) is 0 Å². The summed E-state index contributed by atoms with van der Waals surface area (Å²) in [5.74, 6) is 0.224. The highest BCUT2D eigenvalue weighted by Crippen LogP contribution is 2.33. The van der Waals surface area contributed by atoms with Gasteiger partial charge in [0, 0.05) is 64.1 Å². The third kappa shape index (κ3) is 3.29. The second-order valence-corrected chi connectivity index (χ2v) is 7.14. The third-order valence-corrected chi connectivity index (χ3v) is 5.31. The first kappa shape index (κ1) is 15.6. The summed E-state index contributed by atoms with van der Waals surface area (Å²) in [6.45, 7) is 4.80. The van der Waals surface area contributed by atoms with Crippen molar-refractivity contribution in [3.05, 3.63) is 30.1 Å². The molecule has 1 aliphatic carbocycles. The van der Waals surface area contributed by atoms with E-state index in [0.29, 0.717) is 19.0 Å². The van der Waals surface area contributed by atoms with Gasteiger partial charge in [-0.15, -0.1) is 0 Å². The summed E-state index contributed by atoms with van der Waals surface area (Å²) in [7, 11) is 0. The van der Waals surface area contributed by atoms with Gasteiger partial charge >= 0.3 is 0 Å². The van der Waals surface area contributed by atoms with Crippen LogP contribution in [0.3, 0.4) is 0 Å². The maximum absolute atomic E-state index is 12.7. The highest BCUT2D eigenvalue weighted by atomic mass is 16.2. The summed E-state index contributed by atoms with van der Waals surface area (Å²) in [5.41, 5.74) is 1.21. The summed E-state index contributed by atoms with van der Waals surface area (Å²) in [4.78, 5) is 35.2.